The van der Waals surface area contributed by atoms with Gasteiger partial charge in [0.25, 0.3) is 0 Å². The number of morpholine rings is 1. The van der Waals surface area contributed by atoms with Crippen LogP contribution < -0.4 is 10.2 Å². The fraction of sp³-hybridized carbons (Fsp3) is 0.542. The molecule has 2 saturated heterocycles. The van der Waals surface area contributed by atoms with Gasteiger partial charge in [0, 0.05) is 25.3 Å². The van der Waals surface area contributed by atoms with Crippen molar-refractivity contribution in [3.8, 4) is 11.3 Å². The van der Waals surface area contributed by atoms with Crippen LogP contribution in [0, 0.1) is 5.92 Å². The first-order chi connectivity index (χ1) is 16.0. The third-order valence-electron chi connectivity index (χ3n) is 6.39. The molecular weight excluding hydrogens is 422 g/mol. The van der Waals surface area contributed by atoms with Gasteiger partial charge in [0.1, 0.15) is 11.9 Å². The first kappa shape index (κ1) is 23.1. The van der Waals surface area contributed by atoms with E-state index in [1.54, 1.807) is 0 Å². The van der Waals surface area contributed by atoms with Crippen molar-refractivity contribution >= 4 is 17.7 Å². The molecule has 0 saturated carbocycles. The molecule has 4 rings (SSSR count). The highest BCUT2D eigenvalue weighted by Gasteiger charge is 2.37. The molecule has 2 unspecified atom stereocenters. The third kappa shape index (κ3) is 5.13. The highest BCUT2D eigenvalue weighted by atomic mass is 16.5. The van der Waals surface area contributed by atoms with Crippen molar-refractivity contribution in [1.29, 1.82) is 0 Å². The van der Waals surface area contributed by atoms with Crippen LogP contribution in [0.3, 0.4) is 0 Å². The predicted molar refractivity (Wildman–Crippen MR) is 125 cm³/mol. The molecule has 2 aromatic rings. The van der Waals surface area contributed by atoms with Crippen LogP contribution >= 0.6 is 0 Å². The number of imidazole rings is 1. The Balaban J connectivity index is 1.47. The number of hydrogen-bond acceptors (Lipinski definition) is 6. The van der Waals surface area contributed by atoms with Crippen LogP contribution in [0.1, 0.15) is 38.6 Å². The lowest BCUT2D eigenvalue weighted by molar-refractivity contribution is -0.135. The van der Waals surface area contributed by atoms with E-state index in [9.17, 15) is 9.59 Å². The molecule has 2 amide bonds. The van der Waals surface area contributed by atoms with E-state index in [2.05, 4.69) is 44.5 Å². The smallest absolute Gasteiger partial charge is 0.407 e. The van der Waals surface area contributed by atoms with Crippen molar-refractivity contribution in [2.45, 2.75) is 38.8 Å². The number of rotatable bonds is 6. The van der Waals surface area contributed by atoms with Crippen LogP contribution in [0.5, 0.6) is 0 Å². The number of ether oxygens (including phenoxy) is 2. The maximum absolute atomic E-state index is 13.3. The van der Waals surface area contributed by atoms with Crippen LogP contribution in [-0.4, -0.2) is 72.9 Å². The van der Waals surface area contributed by atoms with E-state index in [4.69, 9.17) is 9.47 Å². The number of benzene rings is 1. The molecule has 2 aliphatic rings. The summed E-state index contributed by atoms with van der Waals surface area (Å²) in [5.74, 6) is 0.606. The Labute approximate surface area is 194 Å². The van der Waals surface area contributed by atoms with Gasteiger partial charge in [0.05, 0.1) is 38.3 Å². The Hall–Kier alpha value is -3.07. The van der Waals surface area contributed by atoms with Crippen LogP contribution in [-0.2, 0) is 14.3 Å². The van der Waals surface area contributed by atoms with E-state index >= 15 is 0 Å². The minimum atomic E-state index is -0.639. The van der Waals surface area contributed by atoms with Gasteiger partial charge >= 0.3 is 6.09 Å². The minimum absolute atomic E-state index is 0.0602. The Kier molecular flexibility index (Phi) is 7.17. The molecule has 1 aromatic heterocycles. The summed E-state index contributed by atoms with van der Waals surface area (Å²) in [5, 5.41) is 2.68. The van der Waals surface area contributed by atoms with Gasteiger partial charge in [-0.2, -0.15) is 0 Å². The van der Waals surface area contributed by atoms with Crippen LogP contribution in [0.4, 0.5) is 10.5 Å². The Bertz CT molecular complexity index is 952. The fourth-order valence-corrected chi connectivity index (χ4v) is 4.52. The first-order valence-corrected chi connectivity index (χ1v) is 11.6. The van der Waals surface area contributed by atoms with E-state index < -0.39 is 12.1 Å². The number of methoxy groups -OCH3 is 1. The van der Waals surface area contributed by atoms with Crippen molar-refractivity contribution in [3.63, 3.8) is 0 Å². The van der Waals surface area contributed by atoms with Crippen molar-refractivity contribution < 1.29 is 19.1 Å². The summed E-state index contributed by atoms with van der Waals surface area (Å²) < 4.78 is 10.1. The Morgan fingerprint density at radius 1 is 1.18 bits per heavy atom. The third-order valence-corrected chi connectivity index (χ3v) is 6.39. The number of carbonyl (C=O) groups is 2. The molecule has 0 spiro atoms. The number of nitrogens with zero attached hydrogens (tertiary/aromatic N) is 3. The Morgan fingerprint density at radius 2 is 1.91 bits per heavy atom. The largest absolute Gasteiger partial charge is 0.453 e. The maximum Gasteiger partial charge on any atom is 0.407 e. The molecule has 178 valence electrons. The summed E-state index contributed by atoms with van der Waals surface area (Å²) in [6.45, 7) is 7.79. The molecular formula is C24H33N5O4. The zero-order chi connectivity index (χ0) is 23.4. The van der Waals surface area contributed by atoms with Crippen molar-refractivity contribution in [3.05, 3.63) is 36.3 Å². The zero-order valence-corrected chi connectivity index (χ0v) is 19.5. The number of nitrogens with one attached hydrogen (secondary N) is 2. The molecule has 0 radical (unpaired) electrons. The number of amides is 2. The van der Waals surface area contributed by atoms with E-state index in [-0.39, 0.29) is 17.9 Å². The molecule has 9 nitrogen and oxygen atoms in total. The number of anilines is 1. The number of likely N-dealkylation sites (tertiary alicyclic amines) is 1. The second-order valence-electron chi connectivity index (χ2n) is 8.88. The number of H-pyrrole nitrogens is 1. The summed E-state index contributed by atoms with van der Waals surface area (Å²) in [5.41, 5.74) is 3.16. The zero-order valence-electron chi connectivity index (χ0n) is 19.5. The summed E-state index contributed by atoms with van der Waals surface area (Å²) in [6, 6.07) is 7.65. The van der Waals surface area contributed by atoms with E-state index in [1.165, 1.54) is 12.8 Å². The topological polar surface area (TPSA) is 99.8 Å². The van der Waals surface area contributed by atoms with Gasteiger partial charge in [-0.1, -0.05) is 26.0 Å². The van der Waals surface area contributed by atoms with E-state index in [0.717, 1.165) is 56.2 Å². The highest BCUT2D eigenvalue weighted by Crippen LogP contribution is 2.33. The quantitative estimate of drug-likeness (QED) is 0.695. The van der Waals surface area contributed by atoms with Crippen molar-refractivity contribution in [2.24, 2.45) is 5.92 Å². The summed E-state index contributed by atoms with van der Waals surface area (Å²) in [7, 11) is 1.30. The minimum Gasteiger partial charge on any atom is -0.453 e. The average molecular weight is 456 g/mol. The van der Waals surface area contributed by atoms with Gasteiger partial charge in [-0.15, -0.1) is 0 Å². The van der Waals surface area contributed by atoms with Crippen molar-refractivity contribution in [2.75, 3.05) is 44.9 Å². The normalized spacial score (nSPS) is 19.6. The number of alkyl carbamates (subject to hydrolysis) is 1. The molecule has 2 aliphatic heterocycles. The van der Waals surface area contributed by atoms with Crippen LogP contribution in [0.25, 0.3) is 11.3 Å². The molecule has 9 heteroatoms. The van der Waals surface area contributed by atoms with Gasteiger partial charge in [0.15, 0.2) is 0 Å². The van der Waals surface area contributed by atoms with E-state index in [1.807, 2.05) is 24.9 Å². The maximum atomic E-state index is 13.3. The van der Waals surface area contributed by atoms with Crippen molar-refractivity contribution in [1.82, 2.24) is 20.2 Å². The monoisotopic (exact) mass is 455 g/mol. The average Bonchev–Trinajstić information content (AvgIpc) is 3.52. The van der Waals surface area contributed by atoms with Crippen LogP contribution in [0.15, 0.2) is 30.5 Å². The molecule has 1 aromatic carbocycles. The molecule has 2 atom stereocenters. The number of carbonyl (C=O) groups excluding carboxylic acids is 2. The lowest BCUT2D eigenvalue weighted by atomic mass is 10.0. The first-order valence-electron chi connectivity index (χ1n) is 11.6. The molecule has 2 fully saturated rings. The standard InChI is InChI=1S/C24H33N5O4/c1-16(2)21(27-24(31)32-3)23(30)29-10-4-5-20(29)22-25-15-19(26-22)17-6-8-18(9-7-17)28-11-13-33-14-12-28/h6-9,15-16,20-21H,4-5,10-14H2,1-3H3,(H,25,26)(H,27,31). The summed E-state index contributed by atoms with van der Waals surface area (Å²) >= 11 is 0. The number of hydrogen-bond donors (Lipinski definition) is 2. The second kappa shape index (κ2) is 10.2. The van der Waals surface area contributed by atoms with Gasteiger partial charge < -0.3 is 29.6 Å². The molecule has 33 heavy (non-hydrogen) atoms. The van der Waals surface area contributed by atoms with E-state index in [0.29, 0.717) is 6.54 Å². The summed E-state index contributed by atoms with van der Waals surface area (Å²) in [4.78, 5) is 37.2. The molecule has 2 N–H and O–H groups in total. The van der Waals surface area contributed by atoms with Gasteiger partial charge in [-0.25, -0.2) is 9.78 Å². The van der Waals surface area contributed by atoms with Gasteiger partial charge in [0.2, 0.25) is 5.91 Å². The molecule has 0 bridgehead atoms. The Morgan fingerprint density at radius 3 is 2.58 bits per heavy atom. The summed E-state index contributed by atoms with van der Waals surface area (Å²) in [6.07, 6.45) is 2.95. The predicted octanol–water partition coefficient (Wildman–Crippen LogP) is 2.96. The lowest BCUT2D eigenvalue weighted by Gasteiger charge is -2.30. The van der Waals surface area contributed by atoms with Crippen LogP contribution in [0.2, 0.25) is 0 Å². The molecule has 0 aliphatic carbocycles. The van der Waals surface area contributed by atoms with Gasteiger partial charge in [-0.3, -0.25) is 4.79 Å². The fourth-order valence-electron chi connectivity index (χ4n) is 4.52. The molecule has 3 heterocycles. The second-order valence-corrected chi connectivity index (χ2v) is 8.88. The van der Waals surface area contributed by atoms with Gasteiger partial charge in [-0.05, 0) is 36.5 Å². The number of aromatic nitrogens is 2. The number of aromatic amines is 1. The SMILES string of the molecule is COC(=O)NC(C(=O)N1CCCC1c1ncc(-c2ccc(N3CCOCC3)cc2)[nH]1)C(C)C. The highest BCUT2D eigenvalue weighted by molar-refractivity contribution is 5.86. The lowest BCUT2D eigenvalue weighted by Crippen LogP contribution is -2.51.